The molecule has 0 aromatic heterocycles. The monoisotopic (exact) mass is 262 g/mol. The zero-order chi connectivity index (χ0) is 12.9. The van der Waals surface area contributed by atoms with E-state index in [1.807, 2.05) is 6.92 Å². The van der Waals surface area contributed by atoms with Crippen LogP contribution < -0.4 is 10.6 Å². The Bertz CT molecular complexity index is 348. The van der Waals surface area contributed by atoms with E-state index in [9.17, 15) is 13.2 Å². The van der Waals surface area contributed by atoms with Gasteiger partial charge < -0.3 is 10.6 Å². The number of piperidine rings is 1. The third-order valence-electron chi connectivity index (χ3n) is 3.13. The van der Waals surface area contributed by atoms with Crippen LogP contribution in [0.1, 0.15) is 26.2 Å². The summed E-state index contributed by atoms with van der Waals surface area (Å²) >= 11 is 0. The van der Waals surface area contributed by atoms with E-state index in [0.29, 0.717) is 5.92 Å². The van der Waals surface area contributed by atoms with E-state index in [1.54, 1.807) is 0 Å². The molecule has 0 bridgehead atoms. The Kier molecular flexibility index (Phi) is 5.39. The quantitative estimate of drug-likeness (QED) is 0.727. The maximum atomic E-state index is 11.5. The third kappa shape index (κ3) is 6.02. The zero-order valence-electron chi connectivity index (χ0n) is 10.5. The third-order valence-corrected chi connectivity index (χ3v) is 4.08. The van der Waals surface area contributed by atoms with E-state index in [-0.39, 0.29) is 24.1 Å². The topological polar surface area (TPSA) is 75.3 Å². The maximum absolute atomic E-state index is 11.5. The molecule has 1 heterocycles. The summed E-state index contributed by atoms with van der Waals surface area (Å²) < 4.78 is 21.9. The molecular weight excluding hydrogens is 240 g/mol. The molecule has 2 unspecified atom stereocenters. The summed E-state index contributed by atoms with van der Waals surface area (Å²) in [5.41, 5.74) is 0. The molecule has 0 aromatic rings. The van der Waals surface area contributed by atoms with Crippen LogP contribution in [0.15, 0.2) is 0 Å². The lowest BCUT2D eigenvalue weighted by Crippen LogP contribution is -2.44. The summed E-state index contributed by atoms with van der Waals surface area (Å²) in [5, 5.41) is 6.18. The second-order valence-corrected chi connectivity index (χ2v) is 7.10. The molecule has 1 fully saturated rings. The highest BCUT2D eigenvalue weighted by Crippen LogP contribution is 2.14. The Morgan fingerprint density at radius 1 is 1.53 bits per heavy atom. The lowest BCUT2D eigenvalue weighted by molar-refractivity contribution is -0.121. The van der Waals surface area contributed by atoms with Crippen molar-refractivity contribution >= 4 is 15.7 Å². The average Bonchev–Trinajstić information content (AvgIpc) is 2.27. The van der Waals surface area contributed by atoms with Gasteiger partial charge in [0.2, 0.25) is 5.91 Å². The number of rotatable bonds is 5. The Morgan fingerprint density at radius 3 is 2.76 bits per heavy atom. The van der Waals surface area contributed by atoms with Crippen LogP contribution in [-0.4, -0.2) is 45.5 Å². The second-order valence-electron chi connectivity index (χ2n) is 4.84. The van der Waals surface area contributed by atoms with Gasteiger partial charge in [-0.15, -0.1) is 0 Å². The first-order chi connectivity index (χ1) is 7.88. The Hall–Kier alpha value is -0.620. The fourth-order valence-electron chi connectivity index (χ4n) is 2.03. The summed E-state index contributed by atoms with van der Waals surface area (Å²) in [6.45, 7) is 3.95. The van der Waals surface area contributed by atoms with Crippen molar-refractivity contribution in [1.29, 1.82) is 0 Å². The standard InChI is InChI=1S/C11H22N2O3S/c1-9(10-4-3-6-12-8-10)13-11(14)5-7-17(2,15)16/h9-10,12H,3-8H2,1-2H3,(H,13,14). The first kappa shape index (κ1) is 14.4. The molecule has 1 aliphatic rings. The van der Waals surface area contributed by atoms with Crippen molar-refractivity contribution in [2.45, 2.75) is 32.2 Å². The Labute approximate surface area is 103 Å². The van der Waals surface area contributed by atoms with Gasteiger partial charge in [-0.25, -0.2) is 8.42 Å². The van der Waals surface area contributed by atoms with E-state index < -0.39 is 9.84 Å². The van der Waals surface area contributed by atoms with Gasteiger partial charge in [0.25, 0.3) is 0 Å². The van der Waals surface area contributed by atoms with Gasteiger partial charge in [-0.3, -0.25) is 4.79 Å². The number of nitrogens with one attached hydrogen (secondary N) is 2. The van der Waals surface area contributed by atoms with Gasteiger partial charge in [-0.05, 0) is 38.8 Å². The smallest absolute Gasteiger partial charge is 0.221 e. The maximum Gasteiger partial charge on any atom is 0.221 e. The van der Waals surface area contributed by atoms with Crippen molar-refractivity contribution in [3.63, 3.8) is 0 Å². The van der Waals surface area contributed by atoms with Crippen LogP contribution in [-0.2, 0) is 14.6 Å². The van der Waals surface area contributed by atoms with Gasteiger partial charge in [0.1, 0.15) is 9.84 Å². The van der Waals surface area contributed by atoms with Crippen molar-refractivity contribution in [2.24, 2.45) is 5.92 Å². The number of sulfone groups is 1. The molecule has 5 nitrogen and oxygen atoms in total. The average molecular weight is 262 g/mol. The molecule has 0 aromatic carbocycles. The van der Waals surface area contributed by atoms with Crippen molar-refractivity contribution in [3.8, 4) is 0 Å². The first-order valence-electron chi connectivity index (χ1n) is 6.06. The summed E-state index contributed by atoms with van der Waals surface area (Å²) in [7, 11) is -3.05. The van der Waals surface area contributed by atoms with Crippen LogP contribution in [0.2, 0.25) is 0 Å². The van der Waals surface area contributed by atoms with Gasteiger partial charge in [-0.2, -0.15) is 0 Å². The van der Waals surface area contributed by atoms with E-state index in [2.05, 4.69) is 10.6 Å². The molecule has 1 rings (SSSR count). The van der Waals surface area contributed by atoms with E-state index in [4.69, 9.17) is 0 Å². The second kappa shape index (κ2) is 6.35. The predicted octanol–water partition coefficient (Wildman–Crippen LogP) is -0.0746. The highest BCUT2D eigenvalue weighted by molar-refractivity contribution is 7.90. The molecule has 2 N–H and O–H groups in total. The molecule has 6 heteroatoms. The molecule has 100 valence electrons. The molecule has 2 atom stereocenters. The van der Waals surface area contributed by atoms with Gasteiger partial charge in [0, 0.05) is 18.7 Å². The van der Waals surface area contributed by atoms with Crippen molar-refractivity contribution in [1.82, 2.24) is 10.6 Å². The molecule has 17 heavy (non-hydrogen) atoms. The molecule has 1 aliphatic heterocycles. The number of hydrogen-bond acceptors (Lipinski definition) is 4. The number of amides is 1. The van der Waals surface area contributed by atoms with Gasteiger partial charge in [-0.1, -0.05) is 0 Å². The van der Waals surface area contributed by atoms with Crippen LogP contribution in [0, 0.1) is 5.92 Å². The zero-order valence-corrected chi connectivity index (χ0v) is 11.3. The van der Waals surface area contributed by atoms with Crippen molar-refractivity contribution in [2.75, 3.05) is 25.1 Å². The molecule has 0 aliphatic carbocycles. The Balaban J connectivity index is 2.29. The summed E-state index contributed by atoms with van der Waals surface area (Å²) in [5.74, 6) is 0.202. The minimum Gasteiger partial charge on any atom is -0.353 e. The molecule has 0 spiro atoms. The molecule has 1 saturated heterocycles. The van der Waals surface area contributed by atoms with Gasteiger partial charge in [0.05, 0.1) is 5.75 Å². The normalized spacial score (nSPS) is 23.1. The van der Waals surface area contributed by atoms with E-state index in [1.165, 1.54) is 0 Å². The predicted molar refractivity (Wildman–Crippen MR) is 67.5 cm³/mol. The first-order valence-corrected chi connectivity index (χ1v) is 8.12. The summed E-state index contributed by atoms with van der Waals surface area (Å²) in [6, 6.07) is 0.106. The molecule has 1 amide bonds. The van der Waals surface area contributed by atoms with Gasteiger partial charge in [0.15, 0.2) is 0 Å². The highest BCUT2D eigenvalue weighted by Gasteiger charge is 2.21. The highest BCUT2D eigenvalue weighted by atomic mass is 32.2. The van der Waals surface area contributed by atoms with Crippen LogP contribution in [0.5, 0.6) is 0 Å². The minimum absolute atomic E-state index is 0.0589. The van der Waals surface area contributed by atoms with Crippen LogP contribution in [0.25, 0.3) is 0 Å². The van der Waals surface area contributed by atoms with Crippen molar-refractivity contribution < 1.29 is 13.2 Å². The lowest BCUT2D eigenvalue weighted by atomic mass is 9.93. The summed E-state index contributed by atoms with van der Waals surface area (Å²) in [6.07, 6.45) is 3.45. The fourth-order valence-corrected chi connectivity index (χ4v) is 2.58. The largest absolute Gasteiger partial charge is 0.353 e. The van der Waals surface area contributed by atoms with Crippen LogP contribution in [0.3, 0.4) is 0 Å². The summed E-state index contributed by atoms with van der Waals surface area (Å²) in [4.78, 5) is 11.5. The number of carbonyl (C=O) groups excluding carboxylic acids is 1. The van der Waals surface area contributed by atoms with Gasteiger partial charge >= 0.3 is 0 Å². The fraction of sp³-hybridized carbons (Fsp3) is 0.909. The number of hydrogen-bond donors (Lipinski definition) is 2. The molecular formula is C11H22N2O3S. The molecule has 0 saturated carbocycles. The van der Waals surface area contributed by atoms with Crippen LogP contribution >= 0.6 is 0 Å². The lowest BCUT2D eigenvalue weighted by Gasteiger charge is -2.28. The SMILES string of the molecule is CC(NC(=O)CCS(C)(=O)=O)C1CCCNC1. The Morgan fingerprint density at radius 2 is 2.24 bits per heavy atom. The number of carbonyl (C=O) groups is 1. The van der Waals surface area contributed by atoms with Crippen LogP contribution in [0.4, 0.5) is 0 Å². The van der Waals surface area contributed by atoms with E-state index in [0.717, 1.165) is 32.2 Å². The van der Waals surface area contributed by atoms with Crippen molar-refractivity contribution in [3.05, 3.63) is 0 Å². The van der Waals surface area contributed by atoms with E-state index >= 15 is 0 Å². The minimum atomic E-state index is -3.05. The molecule has 0 radical (unpaired) electrons.